The van der Waals surface area contributed by atoms with Gasteiger partial charge in [0.2, 0.25) is 0 Å². The van der Waals surface area contributed by atoms with Gasteiger partial charge in [-0.3, -0.25) is 0 Å². The second kappa shape index (κ2) is 4.59. The first-order valence-corrected chi connectivity index (χ1v) is 6.31. The molecule has 96 valence electrons. The number of hydrogen-bond donors (Lipinski definition) is 1. The molecule has 1 heterocycles. The lowest BCUT2D eigenvalue weighted by molar-refractivity contribution is 0.602. The van der Waals surface area contributed by atoms with Gasteiger partial charge in [0.25, 0.3) is 0 Å². The average Bonchev–Trinajstić information content (AvgIpc) is 2.79. The molecule has 0 fully saturated rings. The lowest BCUT2D eigenvalue weighted by atomic mass is 10.2. The molecule has 0 amide bonds. The number of halogens is 2. The van der Waals surface area contributed by atoms with Crippen molar-refractivity contribution in [2.45, 2.75) is 6.54 Å². The number of rotatable bonds is 2. The predicted molar refractivity (Wildman–Crippen MR) is 76.9 cm³/mol. The van der Waals surface area contributed by atoms with Gasteiger partial charge in [0.1, 0.15) is 5.82 Å². The van der Waals surface area contributed by atoms with E-state index in [2.05, 4.69) is 0 Å². The Kier molecular flexibility index (Phi) is 2.91. The van der Waals surface area contributed by atoms with E-state index in [1.54, 1.807) is 12.1 Å². The summed E-state index contributed by atoms with van der Waals surface area (Å²) in [5, 5.41) is 1.40. The lowest BCUT2D eigenvalue weighted by Crippen LogP contribution is -2.01. The van der Waals surface area contributed by atoms with E-state index in [0.717, 1.165) is 16.6 Å². The van der Waals surface area contributed by atoms with Gasteiger partial charge >= 0.3 is 0 Å². The third kappa shape index (κ3) is 2.06. The van der Waals surface area contributed by atoms with Gasteiger partial charge in [-0.15, -0.1) is 0 Å². The largest absolute Gasteiger partial charge is 0.398 e. The summed E-state index contributed by atoms with van der Waals surface area (Å²) in [6.45, 7) is 0.387. The maximum atomic E-state index is 13.8. The van der Waals surface area contributed by atoms with Gasteiger partial charge in [-0.25, -0.2) is 4.39 Å². The topological polar surface area (TPSA) is 30.9 Å². The van der Waals surface area contributed by atoms with E-state index in [9.17, 15) is 4.39 Å². The highest BCUT2D eigenvalue weighted by atomic mass is 35.5. The summed E-state index contributed by atoms with van der Waals surface area (Å²) >= 11 is 6.05. The van der Waals surface area contributed by atoms with Crippen LogP contribution in [-0.4, -0.2) is 4.57 Å². The molecule has 19 heavy (non-hydrogen) atoms. The van der Waals surface area contributed by atoms with E-state index in [-0.39, 0.29) is 5.82 Å². The molecule has 0 spiro atoms. The van der Waals surface area contributed by atoms with Gasteiger partial charge in [0, 0.05) is 27.9 Å². The molecule has 0 radical (unpaired) electrons. The monoisotopic (exact) mass is 274 g/mol. The van der Waals surface area contributed by atoms with Gasteiger partial charge in [-0.1, -0.05) is 23.7 Å². The summed E-state index contributed by atoms with van der Waals surface area (Å²) in [5.41, 5.74) is 8.09. The minimum Gasteiger partial charge on any atom is -0.398 e. The number of benzene rings is 2. The molecule has 0 saturated heterocycles. The maximum Gasteiger partial charge on any atom is 0.129 e. The van der Waals surface area contributed by atoms with Crippen LogP contribution in [-0.2, 0) is 6.54 Å². The van der Waals surface area contributed by atoms with Gasteiger partial charge in [-0.2, -0.15) is 0 Å². The summed E-state index contributed by atoms with van der Waals surface area (Å²) in [6.07, 6.45) is 1.89. The normalized spacial score (nSPS) is 11.1. The second-order valence-corrected chi connectivity index (χ2v) is 4.83. The standard InChI is InChI=1S/C15H12ClFN2/c16-12-3-1-4-13(17)11(12)9-19-8-7-10-14(18)5-2-6-15(10)19/h1-8H,9,18H2. The number of nitrogens with two attached hydrogens (primary N) is 1. The minimum atomic E-state index is -0.293. The Morgan fingerprint density at radius 1 is 1.11 bits per heavy atom. The number of nitrogen functional groups attached to an aromatic ring is 1. The van der Waals surface area contributed by atoms with Crippen molar-refractivity contribution in [2.75, 3.05) is 5.73 Å². The highest BCUT2D eigenvalue weighted by Crippen LogP contribution is 2.25. The average molecular weight is 275 g/mol. The van der Waals surface area contributed by atoms with E-state index >= 15 is 0 Å². The smallest absolute Gasteiger partial charge is 0.129 e. The van der Waals surface area contributed by atoms with Crippen molar-refractivity contribution in [3.63, 3.8) is 0 Å². The van der Waals surface area contributed by atoms with Crippen LogP contribution in [0.2, 0.25) is 5.02 Å². The van der Waals surface area contributed by atoms with Crippen LogP contribution < -0.4 is 5.73 Å². The number of nitrogens with zero attached hydrogens (tertiary/aromatic N) is 1. The zero-order valence-corrected chi connectivity index (χ0v) is 10.9. The van der Waals surface area contributed by atoms with Crippen LogP contribution in [0, 0.1) is 5.82 Å². The third-order valence-corrected chi connectivity index (χ3v) is 3.59. The fourth-order valence-corrected chi connectivity index (χ4v) is 2.46. The Hall–Kier alpha value is -2.00. The fraction of sp³-hybridized carbons (Fsp3) is 0.0667. The van der Waals surface area contributed by atoms with E-state index < -0.39 is 0 Å². The van der Waals surface area contributed by atoms with Crippen LogP contribution in [0.4, 0.5) is 10.1 Å². The van der Waals surface area contributed by atoms with Gasteiger partial charge in [0.05, 0.1) is 12.1 Å². The van der Waals surface area contributed by atoms with Crippen LogP contribution in [0.15, 0.2) is 48.7 Å². The number of fused-ring (bicyclic) bond motifs is 1. The molecule has 4 heteroatoms. The lowest BCUT2D eigenvalue weighted by Gasteiger charge is -2.09. The molecule has 3 aromatic rings. The molecule has 1 aromatic heterocycles. The summed E-state index contributed by atoms with van der Waals surface area (Å²) in [5.74, 6) is -0.293. The van der Waals surface area contributed by atoms with E-state index in [0.29, 0.717) is 17.1 Å². The van der Waals surface area contributed by atoms with Crippen molar-refractivity contribution in [3.05, 3.63) is 65.1 Å². The third-order valence-electron chi connectivity index (χ3n) is 3.24. The molecular formula is C15H12ClFN2. The predicted octanol–water partition coefficient (Wildman–Crippen LogP) is 4.06. The fourth-order valence-electron chi connectivity index (χ4n) is 2.24. The van der Waals surface area contributed by atoms with Crippen molar-refractivity contribution in [1.29, 1.82) is 0 Å². The molecule has 0 atom stereocenters. The Bertz CT molecular complexity index is 729. The van der Waals surface area contributed by atoms with Crippen molar-refractivity contribution >= 4 is 28.2 Å². The maximum absolute atomic E-state index is 13.8. The summed E-state index contributed by atoms with van der Waals surface area (Å²) in [6, 6.07) is 12.3. The molecule has 3 rings (SSSR count). The molecule has 0 unspecified atom stereocenters. The van der Waals surface area contributed by atoms with E-state index in [1.165, 1.54) is 6.07 Å². The van der Waals surface area contributed by atoms with E-state index in [4.69, 9.17) is 17.3 Å². The van der Waals surface area contributed by atoms with Crippen LogP contribution in [0.25, 0.3) is 10.9 Å². The van der Waals surface area contributed by atoms with Crippen molar-refractivity contribution in [1.82, 2.24) is 4.57 Å². The molecule has 0 aliphatic rings. The molecular weight excluding hydrogens is 263 g/mol. The number of hydrogen-bond acceptors (Lipinski definition) is 1. The van der Waals surface area contributed by atoms with Gasteiger partial charge < -0.3 is 10.3 Å². The molecule has 2 aromatic carbocycles. The molecule has 0 bridgehead atoms. The molecule has 0 aliphatic carbocycles. The molecule has 0 aliphatic heterocycles. The Morgan fingerprint density at radius 2 is 1.89 bits per heavy atom. The first-order chi connectivity index (χ1) is 9.16. The molecule has 0 saturated carbocycles. The number of aromatic nitrogens is 1. The second-order valence-electron chi connectivity index (χ2n) is 4.42. The highest BCUT2D eigenvalue weighted by Gasteiger charge is 2.10. The van der Waals surface area contributed by atoms with Crippen LogP contribution in [0.1, 0.15) is 5.56 Å². The first kappa shape index (κ1) is 12.1. The van der Waals surface area contributed by atoms with Crippen LogP contribution >= 0.6 is 11.6 Å². The highest BCUT2D eigenvalue weighted by molar-refractivity contribution is 6.31. The summed E-state index contributed by atoms with van der Waals surface area (Å²) in [7, 11) is 0. The summed E-state index contributed by atoms with van der Waals surface area (Å²) < 4.78 is 15.7. The minimum absolute atomic E-state index is 0.293. The van der Waals surface area contributed by atoms with Crippen molar-refractivity contribution in [2.24, 2.45) is 0 Å². The van der Waals surface area contributed by atoms with Crippen LogP contribution in [0.5, 0.6) is 0 Å². The Labute approximate surface area is 115 Å². The summed E-state index contributed by atoms with van der Waals surface area (Å²) in [4.78, 5) is 0. The Balaban J connectivity index is 2.09. The SMILES string of the molecule is Nc1cccc2c1ccn2Cc1c(F)cccc1Cl. The zero-order chi connectivity index (χ0) is 13.4. The van der Waals surface area contributed by atoms with Crippen molar-refractivity contribution < 1.29 is 4.39 Å². The van der Waals surface area contributed by atoms with Crippen molar-refractivity contribution in [3.8, 4) is 0 Å². The van der Waals surface area contributed by atoms with Gasteiger partial charge in [-0.05, 0) is 30.3 Å². The Morgan fingerprint density at radius 3 is 2.68 bits per heavy atom. The quantitative estimate of drug-likeness (QED) is 0.702. The first-order valence-electron chi connectivity index (χ1n) is 5.93. The van der Waals surface area contributed by atoms with Crippen LogP contribution in [0.3, 0.4) is 0 Å². The molecule has 2 nitrogen and oxygen atoms in total. The van der Waals surface area contributed by atoms with E-state index in [1.807, 2.05) is 35.0 Å². The molecule has 2 N–H and O–H groups in total. The van der Waals surface area contributed by atoms with Gasteiger partial charge in [0.15, 0.2) is 0 Å². The zero-order valence-electron chi connectivity index (χ0n) is 10.1. The number of anilines is 1.